The number of hydrogen-bond donors (Lipinski definition) is 3. The number of hydrogen-bond acceptors (Lipinski definition) is 7. The van der Waals surface area contributed by atoms with E-state index in [-0.39, 0.29) is 23.7 Å². The topological polar surface area (TPSA) is 154 Å². The Labute approximate surface area is 242 Å². The fraction of sp³-hybridized carbons (Fsp3) is 0.194. The van der Waals surface area contributed by atoms with Crippen LogP contribution in [0.3, 0.4) is 0 Å². The number of rotatable bonds is 10. The Balaban J connectivity index is 1.70. The maximum absolute atomic E-state index is 13.9. The molecule has 42 heavy (non-hydrogen) atoms. The number of amides is 4. The first kappa shape index (κ1) is 29.5. The third-order valence-corrected chi connectivity index (χ3v) is 6.31. The van der Waals surface area contributed by atoms with Crippen molar-refractivity contribution in [3.05, 3.63) is 95.6 Å². The number of carbonyl (C=O) groups excluding carboxylic acids is 6. The Kier molecular flexibility index (Phi) is 9.33. The first-order valence-electron chi connectivity index (χ1n) is 13.1. The first-order chi connectivity index (χ1) is 20.2. The van der Waals surface area contributed by atoms with Gasteiger partial charge in [-0.2, -0.15) is 0 Å². The summed E-state index contributed by atoms with van der Waals surface area (Å²) in [5.74, 6) is -2.49. The van der Waals surface area contributed by atoms with Crippen molar-refractivity contribution >= 4 is 52.8 Å². The van der Waals surface area contributed by atoms with Crippen LogP contribution in [0, 0.1) is 0 Å². The van der Waals surface area contributed by atoms with E-state index in [4.69, 9.17) is 0 Å². The number of para-hydroxylation sites is 1. The lowest BCUT2D eigenvalue weighted by atomic mass is 10.0. The zero-order valence-corrected chi connectivity index (χ0v) is 23.0. The van der Waals surface area contributed by atoms with E-state index in [9.17, 15) is 28.8 Å². The highest BCUT2D eigenvalue weighted by atomic mass is 16.2. The minimum atomic E-state index is -1.41. The van der Waals surface area contributed by atoms with E-state index in [1.165, 1.54) is 30.9 Å². The van der Waals surface area contributed by atoms with E-state index in [2.05, 4.69) is 20.9 Å². The second kappa shape index (κ2) is 13.3. The van der Waals surface area contributed by atoms with Crippen LogP contribution >= 0.6 is 0 Å². The Morgan fingerprint density at radius 2 is 1.60 bits per heavy atom. The molecule has 0 aliphatic carbocycles. The maximum atomic E-state index is 13.9. The molecular weight excluding hydrogens is 538 g/mol. The van der Waals surface area contributed by atoms with Crippen LogP contribution in [0.5, 0.6) is 0 Å². The normalized spacial score (nSPS) is 14.9. The molecule has 214 valence electrons. The predicted molar refractivity (Wildman–Crippen MR) is 156 cm³/mol. The average molecular weight is 568 g/mol. The van der Waals surface area contributed by atoms with Gasteiger partial charge in [0.2, 0.25) is 18.0 Å². The lowest BCUT2D eigenvalue weighted by Gasteiger charge is -2.25. The van der Waals surface area contributed by atoms with Gasteiger partial charge in [0.1, 0.15) is 18.6 Å². The van der Waals surface area contributed by atoms with Crippen molar-refractivity contribution in [1.29, 1.82) is 0 Å². The fourth-order valence-electron chi connectivity index (χ4n) is 4.47. The number of fused-ring (bicyclic) bond motifs is 1. The molecule has 3 N–H and O–H groups in total. The molecule has 11 heteroatoms. The highest BCUT2D eigenvalue weighted by molar-refractivity contribution is 6.21. The molecular formula is C31H29N5O6. The molecule has 0 radical (unpaired) electrons. The molecule has 3 aromatic rings. The van der Waals surface area contributed by atoms with Gasteiger partial charge in [-0.25, -0.2) is 4.99 Å². The van der Waals surface area contributed by atoms with Crippen molar-refractivity contribution in [2.24, 2.45) is 4.99 Å². The molecule has 1 aliphatic heterocycles. The van der Waals surface area contributed by atoms with Crippen LogP contribution in [0.4, 0.5) is 11.4 Å². The van der Waals surface area contributed by atoms with E-state index in [0.717, 1.165) is 0 Å². The lowest BCUT2D eigenvalue weighted by Crippen LogP contribution is -2.51. The highest BCUT2D eigenvalue weighted by Gasteiger charge is 2.34. The van der Waals surface area contributed by atoms with Crippen LogP contribution in [0.2, 0.25) is 0 Å². The van der Waals surface area contributed by atoms with E-state index in [1.54, 1.807) is 36.4 Å². The number of carbonyl (C=O) groups is 6. The molecule has 0 bridgehead atoms. The highest BCUT2D eigenvalue weighted by Crippen LogP contribution is 2.28. The van der Waals surface area contributed by atoms with E-state index in [0.29, 0.717) is 34.5 Å². The number of ketones is 1. The predicted octanol–water partition coefficient (Wildman–Crippen LogP) is 2.25. The van der Waals surface area contributed by atoms with Crippen molar-refractivity contribution in [1.82, 2.24) is 10.6 Å². The second-order valence-electron chi connectivity index (χ2n) is 9.64. The van der Waals surface area contributed by atoms with Gasteiger partial charge in [0.15, 0.2) is 0 Å². The molecule has 2 atom stereocenters. The third kappa shape index (κ3) is 7.19. The summed E-state index contributed by atoms with van der Waals surface area (Å²) in [6, 6.07) is 21.1. The molecule has 0 aromatic heterocycles. The second-order valence-corrected chi connectivity index (χ2v) is 9.64. The smallest absolute Gasteiger partial charge is 0.272 e. The summed E-state index contributed by atoms with van der Waals surface area (Å²) in [7, 11) is 0. The number of nitrogens with zero attached hydrogens (tertiary/aromatic N) is 2. The summed E-state index contributed by atoms with van der Waals surface area (Å²) in [6.07, 6.45) is -1.13. The SMILES string of the molecule is CC(=O)C[C@@H](C=O)NC(=O)CN1C(=O)C(NC(=O)c2ccc(NC(C)=O)cc2)N=C(c2ccccc2)c2ccccc21. The molecule has 0 spiro atoms. The van der Waals surface area contributed by atoms with Gasteiger partial charge in [-0.15, -0.1) is 0 Å². The summed E-state index contributed by atoms with van der Waals surface area (Å²) >= 11 is 0. The summed E-state index contributed by atoms with van der Waals surface area (Å²) in [4.78, 5) is 80.3. The van der Waals surface area contributed by atoms with Crippen molar-refractivity contribution in [2.45, 2.75) is 32.5 Å². The van der Waals surface area contributed by atoms with Gasteiger partial charge in [0, 0.05) is 35.7 Å². The van der Waals surface area contributed by atoms with Crippen molar-refractivity contribution in [2.75, 3.05) is 16.8 Å². The van der Waals surface area contributed by atoms with Gasteiger partial charge in [-0.05, 0) is 37.3 Å². The van der Waals surface area contributed by atoms with E-state index < -0.39 is 36.5 Å². The summed E-state index contributed by atoms with van der Waals surface area (Å²) in [6.45, 7) is 2.18. The van der Waals surface area contributed by atoms with Crippen molar-refractivity contribution in [3.8, 4) is 0 Å². The van der Waals surface area contributed by atoms with Gasteiger partial charge in [0.05, 0.1) is 17.4 Å². The number of benzene rings is 3. The molecule has 4 rings (SSSR count). The molecule has 0 fully saturated rings. The minimum Gasteiger partial charge on any atom is -0.345 e. The number of aliphatic imine (C=N–C) groups is 1. The number of aldehydes is 1. The molecule has 3 aromatic carbocycles. The van der Waals surface area contributed by atoms with E-state index in [1.807, 2.05) is 30.3 Å². The van der Waals surface area contributed by atoms with Crippen LogP contribution in [-0.4, -0.2) is 60.2 Å². The number of anilines is 2. The van der Waals surface area contributed by atoms with E-state index >= 15 is 0 Å². The maximum Gasteiger partial charge on any atom is 0.272 e. The number of nitrogens with one attached hydrogen (secondary N) is 3. The first-order valence-corrected chi connectivity index (χ1v) is 13.1. The molecule has 1 unspecified atom stereocenters. The molecule has 1 aliphatic rings. The largest absolute Gasteiger partial charge is 0.345 e. The molecule has 4 amide bonds. The Bertz CT molecular complexity index is 1550. The van der Waals surface area contributed by atoms with Crippen LogP contribution in [0.25, 0.3) is 0 Å². The third-order valence-electron chi connectivity index (χ3n) is 6.31. The summed E-state index contributed by atoms with van der Waals surface area (Å²) in [5.41, 5.74) is 2.77. The summed E-state index contributed by atoms with van der Waals surface area (Å²) in [5, 5.41) is 7.77. The minimum absolute atomic E-state index is 0.180. The zero-order chi connectivity index (χ0) is 30.2. The molecule has 11 nitrogen and oxygen atoms in total. The van der Waals surface area contributed by atoms with Crippen LogP contribution in [-0.2, 0) is 24.0 Å². The van der Waals surface area contributed by atoms with Gasteiger partial charge in [-0.1, -0.05) is 48.5 Å². The molecule has 1 heterocycles. The van der Waals surface area contributed by atoms with Gasteiger partial charge in [-0.3, -0.25) is 28.9 Å². The van der Waals surface area contributed by atoms with Gasteiger partial charge >= 0.3 is 0 Å². The molecule has 0 saturated carbocycles. The van der Waals surface area contributed by atoms with Crippen LogP contribution < -0.4 is 20.9 Å². The quantitative estimate of drug-likeness (QED) is 0.319. The fourth-order valence-corrected chi connectivity index (χ4v) is 4.47. The standard InChI is InChI=1S/C31H29N5O6/c1-19(38)16-24(18-37)33-27(40)17-36-26-11-7-6-10-25(26)28(21-8-4-3-5-9-21)34-29(31(36)42)35-30(41)22-12-14-23(15-13-22)32-20(2)39/h3-15,18,24,29H,16-17H2,1-2H3,(H,32,39)(H,33,40)(H,35,41)/t24-,29?/m0/s1. The van der Waals surface area contributed by atoms with Crippen molar-refractivity contribution < 1.29 is 28.8 Å². The zero-order valence-electron chi connectivity index (χ0n) is 23.0. The monoisotopic (exact) mass is 567 g/mol. The Morgan fingerprint density at radius 3 is 2.24 bits per heavy atom. The Hall–Kier alpha value is -5.45. The lowest BCUT2D eigenvalue weighted by molar-refractivity contribution is -0.126. The number of benzodiazepines with no additional fused rings is 1. The number of Topliss-reactive ketones (excluding diaryl/α,β-unsaturated/α-hetero) is 1. The average Bonchev–Trinajstić information content (AvgIpc) is 3.08. The Morgan fingerprint density at radius 1 is 0.929 bits per heavy atom. The van der Waals surface area contributed by atoms with Crippen LogP contribution in [0.1, 0.15) is 41.8 Å². The van der Waals surface area contributed by atoms with Gasteiger partial charge in [0.25, 0.3) is 11.8 Å². The van der Waals surface area contributed by atoms with Gasteiger partial charge < -0.3 is 20.7 Å². The molecule has 0 saturated heterocycles. The van der Waals surface area contributed by atoms with Crippen LogP contribution in [0.15, 0.2) is 83.9 Å². The van der Waals surface area contributed by atoms with Crippen molar-refractivity contribution in [3.63, 3.8) is 0 Å². The summed E-state index contributed by atoms with van der Waals surface area (Å²) < 4.78 is 0.